The molecular formula is C68H128O6. The Balaban J connectivity index is 4.01. The molecule has 0 aromatic carbocycles. The number of carbonyl (C=O) groups excluding carboxylic acids is 3. The summed E-state index contributed by atoms with van der Waals surface area (Å²) in [4.78, 5) is 38.1. The molecule has 0 aliphatic heterocycles. The molecule has 0 fully saturated rings. The van der Waals surface area contributed by atoms with E-state index in [-0.39, 0.29) is 31.1 Å². The summed E-state index contributed by atoms with van der Waals surface area (Å²) in [6.07, 6.45) is 76.6. The first-order valence-electron chi connectivity index (χ1n) is 33.3. The van der Waals surface area contributed by atoms with Gasteiger partial charge in [0.1, 0.15) is 13.2 Å². The van der Waals surface area contributed by atoms with Crippen LogP contribution in [0.4, 0.5) is 0 Å². The fourth-order valence-electron chi connectivity index (χ4n) is 10.2. The predicted octanol–water partition coefficient (Wildman–Crippen LogP) is 22.6. The minimum atomic E-state index is -0.774. The van der Waals surface area contributed by atoms with E-state index in [1.807, 2.05) is 0 Å². The van der Waals surface area contributed by atoms with Gasteiger partial charge in [0, 0.05) is 19.3 Å². The molecule has 0 saturated heterocycles. The van der Waals surface area contributed by atoms with Crippen LogP contribution in [0.2, 0.25) is 0 Å². The molecular weight excluding hydrogens is 913 g/mol. The quantitative estimate of drug-likeness (QED) is 0.0261. The maximum Gasteiger partial charge on any atom is 0.306 e. The summed E-state index contributed by atoms with van der Waals surface area (Å²) >= 11 is 0. The predicted molar refractivity (Wildman–Crippen MR) is 321 cm³/mol. The van der Waals surface area contributed by atoms with Crippen LogP contribution in [0.1, 0.15) is 374 Å². The summed E-state index contributed by atoms with van der Waals surface area (Å²) in [5.74, 6) is -0.864. The molecule has 0 heterocycles. The maximum absolute atomic E-state index is 12.8. The molecule has 1 unspecified atom stereocenters. The fourth-order valence-corrected chi connectivity index (χ4v) is 10.2. The van der Waals surface area contributed by atoms with Gasteiger partial charge in [-0.2, -0.15) is 0 Å². The van der Waals surface area contributed by atoms with Crippen LogP contribution in [-0.4, -0.2) is 37.2 Å². The van der Waals surface area contributed by atoms with Gasteiger partial charge >= 0.3 is 17.9 Å². The van der Waals surface area contributed by atoms with E-state index in [0.717, 1.165) is 89.9 Å². The third-order valence-corrected chi connectivity index (χ3v) is 15.2. The molecule has 0 radical (unpaired) electrons. The van der Waals surface area contributed by atoms with Crippen molar-refractivity contribution >= 4 is 17.9 Å². The van der Waals surface area contributed by atoms with Gasteiger partial charge in [0.05, 0.1) is 0 Å². The van der Waals surface area contributed by atoms with Crippen LogP contribution in [-0.2, 0) is 28.6 Å². The molecule has 0 aromatic rings. The Bertz CT molecular complexity index is 1190. The zero-order chi connectivity index (χ0) is 53.6. The molecule has 6 nitrogen and oxygen atoms in total. The van der Waals surface area contributed by atoms with Crippen molar-refractivity contribution in [2.75, 3.05) is 13.2 Å². The van der Waals surface area contributed by atoms with Crippen molar-refractivity contribution in [1.82, 2.24) is 0 Å². The average Bonchev–Trinajstić information content (AvgIpc) is 3.40. The third kappa shape index (κ3) is 60.8. The molecule has 0 aliphatic rings. The summed E-state index contributed by atoms with van der Waals surface area (Å²) in [5.41, 5.74) is 0. The van der Waals surface area contributed by atoms with Crippen molar-refractivity contribution in [3.05, 3.63) is 24.3 Å². The molecule has 0 N–H and O–H groups in total. The van der Waals surface area contributed by atoms with E-state index in [0.29, 0.717) is 19.3 Å². The van der Waals surface area contributed by atoms with Crippen molar-refractivity contribution in [2.45, 2.75) is 380 Å². The van der Waals surface area contributed by atoms with Crippen LogP contribution in [0.5, 0.6) is 0 Å². The van der Waals surface area contributed by atoms with Gasteiger partial charge in [-0.15, -0.1) is 0 Å². The Labute approximate surface area is 462 Å². The van der Waals surface area contributed by atoms with Crippen molar-refractivity contribution in [3.63, 3.8) is 0 Å². The van der Waals surface area contributed by atoms with Gasteiger partial charge in [-0.25, -0.2) is 0 Å². The number of carbonyl (C=O) groups is 3. The molecule has 0 aliphatic carbocycles. The van der Waals surface area contributed by atoms with E-state index in [2.05, 4.69) is 45.1 Å². The molecule has 74 heavy (non-hydrogen) atoms. The number of hydrogen-bond acceptors (Lipinski definition) is 6. The van der Waals surface area contributed by atoms with Gasteiger partial charge < -0.3 is 14.2 Å². The number of esters is 3. The van der Waals surface area contributed by atoms with Gasteiger partial charge in [-0.1, -0.05) is 334 Å². The second kappa shape index (κ2) is 63.4. The first kappa shape index (κ1) is 71.9. The lowest BCUT2D eigenvalue weighted by Crippen LogP contribution is -2.30. The van der Waals surface area contributed by atoms with E-state index in [9.17, 15) is 14.4 Å². The fraction of sp³-hybridized carbons (Fsp3) is 0.897. The molecule has 0 amide bonds. The van der Waals surface area contributed by atoms with Gasteiger partial charge in [-0.05, 0) is 44.9 Å². The summed E-state index contributed by atoms with van der Waals surface area (Å²) in [7, 11) is 0. The number of hydrogen-bond donors (Lipinski definition) is 0. The van der Waals surface area contributed by atoms with Crippen LogP contribution in [0.25, 0.3) is 0 Å². The number of unbranched alkanes of at least 4 members (excludes halogenated alkanes) is 47. The van der Waals surface area contributed by atoms with Crippen LogP contribution in [0.3, 0.4) is 0 Å². The second-order valence-corrected chi connectivity index (χ2v) is 22.7. The normalized spacial score (nSPS) is 12.1. The second-order valence-electron chi connectivity index (χ2n) is 22.7. The highest BCUT2D eigenvalue weighted by Crippen LogP contribution is 2.19. The van der Waals surface area contributed by atoms with E-state index >= 15 is 0 Å². The maximum atomic E-state index is 12.8. The summed E-state index contributed by atoms with van der Waals surface area (Å²) in [5, 5.41) is 0. The van der Waals surface area contributed by atoms with Crippen molar-refractivity contribution < 1.29 is 28.6 Å². The molecule has 1 atom stereocenters. The van der Waals surface area contributed by atoms with Gasteiger partial charge in [0.2, 0.25) is 0 Å². The Morgan fingerprint density at radius 1 is 0.270 bits per heavy atom. The Hall–Kier alpha value is -2.11. The van der Waals surface area contributed by atoms with Crippen molar-refractivity contribution in [3.8, 4) is 0 Å². The van der Waals surface area contributed by atoms with E-state index < -0.39 is 6.10 Å². The minimum absolute atomic E-state index is 0.0716. The van der Waals surface area contributed by atoms with E-state index in [1.54, 1.807) is 0 Å². The third-order valence-electron chi connectivity index (χ3n) is 15.2. The summed E-state index contributed by atoms with van der Waals surface area (Å²) < 4.78 is 16.9. The first-order valence-corrected chi connectivity index (χ1v) is 33.3. The molecule has 0 aromatic heterocycles. The Morgan fingerprint density at radius 3 is 0.797 bits per heavy atom. The van der Waals surface area contributed by atoms with E-state index in [1.165, 1.54) is 244 Å². The standard InChI is InChI=1S/C68H128O6/c1-4-7-10-13-16-19-22-24-25-26-27-28-29-30-31-32-33-34-35-36-37-38-39-40-41-42-44-46-49-52-55-58-61-67(70)73-64-65(63-72-66(69)60-57-54-51-48-45-21-18-15-12-9-6-3)74-68(71)62-59-56-53-50-47-43-23-20-17-14-11-8-5-2/h11,14,20,23,65H,4-10,12-13,15-19,21-22,24-64H2,1-3H3/b14-11-,23-20-. The van der Waals surface area contributed by atoms with Gasteiger partial charge in [0.15, 0.2) is 6.10 Å². The highest BCUT2D eigenvalue weighted by atomic mass is 16.6. The number of rotatable bonds is 62. The smallest absolute Gasteiger partial charge is 0.306 e. The largest absolute Gasteiger partial charge is 0.462 e. The number of allylic oxidation sites excluding steroid dienone is 4. The average molecular weight is 1040 g/mol. The van der Waals surface area contributed by atoms with Crippen LogP contribution >= 0.6 is 0 Å². The molecule has 6 heteroatoms. The summed E-state index contributed by atoms with van der Waals surface area (Å²) in [6, 6.07) is 0. The van der Waals surface area contributed by atoms with Crippen LogP contribution in [0.15, 0.2) is 24.3 Å². The molecule has 0 rings (SSSR count). The molecule has 436 valence electrons. The highest BCUT2D eigenvalue weighted by molar-refractivity contribution is 5.71. The molecule has 0 saturated carbocycles. The van der Waals surface area contributed by atoms with Crippen molar-refractivity contribution in [1.29, 1.82) is 0 Å². The van der Waals surface area contributed by atoms with Gasteiger partial charge in [-0.3, -0.25) is 14.4 Å². The highest BCUT2D eigenvalue weighted by Gasteiger charge is 2.19. The Morgan fingerprint density at radius 2 is 0.514 bits per heavy atom. The zero-order valence-electron chi connectivity index (χ0n) is 50.1. The lowest BCUT2D eigenvalue weighted by atomic mass is 10.0. The number of ether oxygens (including phenoxy) is 3. The topological polar surface area (TPSA) is 78.9 Å². The first-order chi connectivity index (χ1) is 36.5. The SMILES string of the molecule is CCC/C=C\C/C=C\CCCCCCCC(=O)OC(COC(=O)CCCCCCCCCCCCC)COC(=O)CCCCCCCCCCCCCCCCCCCCCCCCCCCCCCCCCC. The van der Waals surface area contributed by atoms with Crippen molar-refractivity contribution in [2.24, 2.45) is 0 Å². The van der Waals surface area contributed by atoms with E-state index in [4.69, 9.17) is 14.2 Å². The Kier molecular flexibility index (Phi) is 61.6. The molecule has 0 bridgehead atoms. The van der Waals surface area contributed by atoms with Gasteiger partial charge in [0.25, 0.3) is 0 Å². The summed E-state index contributed by atoms with van der Waals surface area (Å²) in [6.45, 7) is 6.62. The lowest BCUT2D eigenvalue weighted by Gasteiger charge is -2.18. The zero-order valence-corrected chi connectivity index (χ0v) is 50.1. The minimum Gasteiger partial charge on any atom is -0.462 e. The van der Waals surface area contributed by atoms with Crippen LogP contribution < -0.4 is 0 Å². The molecule has 0 spiro atoms. The lowest BCUT2D eigenvalue weighted by molar-refractivity contribution is -0.167. The van der Waals surface area contributed by atoms with Crippen LogP contribution in [0, 0.1) is 0 Å². The monoisotopic (exact) mass is 1040 g/mol.